The first-order valence-electron chi connectivity index (χ1n) is 7.43. The maximum atomic E-state index is 5.13. The number of nitrogens with zero attached hydrogens (tertiary/aromatic N) is 3. The molecule has 21 heavy (non-hydrogen) atoms. The van der Waals surface area contributed by atoms with E-state index in [1.807, 2.05) is 12.1 Å². The second-order valence-corrected chi connectivity index (χ2v) is 5.38. The fourth-order valence-electron chi connectivity index (χ4n) is 1.85. The van der Waals surface area contributed by atoms with Crippen molar-refractivity contribution in [3.8, 4) is 0 Å². The molecule has 1 heterocycles. The third-order valence-corrected chi connectivity index (χ3v) is 3.02. The molecule has 120 valence electrons. The van der Waals surface area contributed by atoms with Crippen molar-refractivity contribution >= 4 is 5.82 Å². The van der Waals surface area contributed by atoms with Crippen LogP contribution in [0.5, 0.6) is 0 Å². The molecule has 1 rings (SSSR count). The zero-order valence-electron chi connectivity index (χ0n) is 13.6. The van der Waals surface area contributed by atoms with Crippen molar-refractivity contribution < 1.29 is 9.47 Å². The second-order valence-electron chi connectivity index (χ2n) is 5.38. The highest BCUT2D eigenvalue weighted by Gasteiger charge is 2.08. The zero-order chi connectivity index (χ0) is 15.5. The standard InChI is InChI=1S/C15H28N4O2/c1-13(2)11-16-12-14-5-6-15(18-17-14)19(7-9-20-3)8-10-21-4/h5-6,13,16H,7-12H2,1-4H3. The molecule has 0 spiro atoms. The van der Waals surface area contributed by atoms with Gasteiger partial charge in [-0.05, 0) is 24.6 Å². The lowest BCUT2D eigenvalue weighted by atomic mass is 10.2. The highest BCUT2D eigenvalue weighted by Crippen LogP contribution is 2.09. The highest BCUT2D eigenvalue weighted by atomic mass is 16.5. The van der Waals surface area contributed by atoms with Crippen molar-refractivity contribution in [1.29, 1.82) is 0 Å². The van der Waals surface area contributed by atoms with Crippen LogP contribution in [0.3, 0.4) is 0 Å². The molecular weight excluding hydrogens is 268 g/mol. The minimum atomic E-state index is 0.635. The molecular formula is C15H28N4O2. The third kappa shape index (κ3) is 7.36. The molecule has 0 bridgehead atoms. The summed E-state index contributed by atoms with van der Waals surface area (Å²) in [6, 6.07) is 4.02. The zero-order valence-corrected chi connectivity index (χ0v) is 13.6. The van der Waals surface area contributed by atoms with Gasteiger partial charge in [0.25, 0.3) is 0 Å². The van der Waals surface area contributed by atoms with E-state index in [4.69, 9.17) is 9.47 Å². The van der Waals surface area contributed by atoms with Crippen LogP contribution in [0.4, 0.5) is 5.82 Å². The number of ether oxygens (including phenoxy) is 2. The van der Waals surface area contributed by atoms with E-state index in [9.17, 15) is 0 Å². The number of hydrogen-bond donors (Lipinski definition) is 1. The van der Waals surface area contributed by atoms with Gasteiger partial charge in [0.15, 0.2) is 5.82 Å². The average molecular weight is 296 g/mol. The van der Waals surface area contributed by atoms with Gasteiger partial charge in [0.2, 0.25) is 0 Å². The minimum absolute atomic E-state index is 0.635. The van der Waals surface area contributed by atoms with Gasteiger partial charge in [0.1, 0.15) is 0 Å². The van der Waals surface area contributed by atoms with Gasteiger partial charge >= 0.3 is 0 Å². The molecule has 0 aliphatic heterocycles. The second kappa shape index (κ2) is 10.5. The van der Waals surface area contributed by atoms with E-state index in [0.717, 1.165) is 37.7 Å². The van der Waals surface area contributed by atoms with Gasteiger partial charge in [-0.15, -0.1) is 5.10 Å². The Labute approximate surface area is 127 Å². The number of aromatic nitrogens is 2. The molecule has 0 aliphatic rings. The van der Waals surface area contributed by atoms with Gasteiger partial charge < -0.3 is 19.7 Å². The summed E-state index contributed by atoms with van der Waals surface area (Å²) in [5.74, 6) is 1.49. The normalized spacial score (nSPS) is 11.1. The molecule has 1 aromatic rings. The van der Waals surface area contributed by atoms with Crippen molar-refractivity contribution in [2.75, 3.05) is 52.0 Å². The van der Waals surface area contributed by atoms with Crippen LogP contribution in [0.25, 0.3) is 0 Å². The quantitative estimate of drug-likeness (QED) is 0.664. The van der Waals surface area contributed by atoms with Gasteiger partial charge in [-0.3, -0.25) is 0 Å². The van der Waals surface area contributed by atoms with Gasteiger partial charge in [0.05, 0.1) is 18.9 Å². The largest absolute Gasteiger partial charge is 0.383 e. The Morgan fingerprint density at radius 3 is 2.24 bits per heavy atom. The number of rotatable bonds is 11. The molecule has 0 aromatic carbocycles. The Hall–Kier alpha value is -1.24. The highest BCUT2D eigenvalue weighted by molar-refractivity contribution is 5.37. The molecule has 0 unspecified atom stereocenters. The van der Waals surface area contributed by atoms with E-state index >= 15 is 0 Å². The Balaban J connectivity index is 2.55. The monoisotopic (exact) mass is 296 g/mol. The smallest absolute Gasteiger partial charge is 0.151 e. The maximum Gasteiger partial charge on any atom is 0.151 e. The van der Waals surface area contributed by atoms with Crippen LogP contribution in [-0.4, -0.2) is 57.3 Å². The van der Waals surface area contributed by atoms with Gasteiger partial charge in [-0.2, -0.15) is 5.10 Å². The van der Waals surface area contributed by atoms with E-state index in [-0.39, 0.29) is 0 Å². The lowest BCUT2D eigenvalue weighted by molar-refractivity contribution is 0.190. The van der Waals surface area contributed by atoms with E-state index in [0.29, 0.717) is 19.1 Å². The summed E-state index contributed by atoms with van der Waals surface area (Å²) >= 11 is 0. The van der Waals surface area contributed by atoms with Crippen LogP contribution in [0, 0.1) is 5.92 Å². The average Bonchev–Trinajstić information content (AvgIpc) is 2.48. The molecule has 0 saturated carbocycles. The van der Waals surface area contributed by atoms with Crippen molar-refractivity contribution in [2.45, 2.75) is 20.4 Å². The summed E-state index contributed by atoms with van der Waals surface area (Å²) in [5.41, 5.74) is 0.956. The molecule has 1 aromatic heterocycles. The number of hydrogen-bond acceptors (Lipinski definition) is 6. The molecule has 0 aliphatic carbocycles. The van der Waals surface area contributed by atoms with Crippen LogP contribution in [0.15, 0.2) is 12.1 Å². The summed E-state index contributed by atoms with van der Waals surface area (Å²) in [7, 11) is 3.40. The lowest BCUT2D eigenvalue weighted by Gasteiger charge is -2.22. The van der Waals surface area contributed by atoms with Crippen LogP contribution >= 0.6 is 0 Å². The van der Waals surface area contributed by atoms with Crippen molar-refractivity contribution in [2.24, 2.45) is 5.92 Å². The Morgan fingerprint density at radius 2 is 1.76 bits per heavy atom. The van der Waals surface area contributed by atoms with Gasteiger partial charge in [0, 0.05) is 33.9 Å². The van der Waals surface area contributed by atoms with Crippen LogP contribution in [0.1, 0.15) is 19.5 Å². The van der Waals surface area contributed by atoms with E-state index in [1.54, 1.807) is 14.2 Å². The first-order chi connectivity index (χ1) is 10.2. The fraction of sp³-hybridized carbons (Fsp3) is 0.733. The first kappa shape index (κ1) is 17.8. The Morgan fingerprint density at radius 1 is 1.10 bits per heavy atom. The van der Waals surface area contributed by atoms with E-state index < -0.39 is 0 Å². The van der Waals surface area contributed by atoms with Crippen LogP contribution < -0.4 is 10.2 Å². The van der Waals surface area contributed by atoms with Crippen molar-refractivity contribution in [3.63, 3.8) is 0 Å². The van der Waals surface area contributed by atoms with Gasteiger partial charge in [-0.1, -0.05) is 13.8 Å². The number of nitrogens with one attached hydrogen (secondary N) is 1. The summed E-state index contributed by atoms with van der Waals surface area (Å²) in [4.78, 5) is 2.12. The summed E-state index contributed by atoms with van der Waals surface area (Å²) < 4.78 is 10.3. The summed E-state index contributed by atoms with van der Waals surface area (Å²) in [5, 5.41) is 11.9. The van der Waals surface area contributed by atoms with E-state index in [1.165, 1.54) is 0 Å². The summed E-state index contributed by atoms with van der Waals surface area (Å²) in [6.07, 6.45) is 0. The predicted molar refractivity (Wildman–Crippen MR) is 84.5 cm³/mol. The molecule has 0 saturated heterocycles. The molecule has 6 nitrogen and oxygen atoms in total. The first-order valence-corrected chi connectivity index (χ1v) is 7.43. The summed E-state index contributed by atoms with van der Waals surface area (Å²) in [6.45, 7) is 8.97. The SMILES string of the molecule is COCCN(CCOC)c1ccc(CNCC(C)C)nn1. The van der Waals surface area contributed by atoms with E-state index in [2.05, 4.69) is 34.3 Å². The predicted octanol–water partition coefficient (Wildman–Crippen LogP) is 1.32. The topological polar surface area (TPSA) is 59.5 Å². The lowest BCUT2D eigenvalue weighted by Crippen LogP contribution is -2.31. The van der Waals surface area contributed by atoms with Crippen molar-refractivity contribution in [3.05, 3.63) is 17.8 Å². The van der Waals surface area contributed by atoms with Crippen molar-refractivity contribution in [1.82, 2.24) is 15.5 Å². The number of anilines is 1. The Bertz CT molecular complexity index is 362. The van der Waals surface area contributed by atoms with Gasteiger partial charge in [-0.25, -0.2) is 0 Å². The maximum absolute atomic E-state index is 5.13. The minimum Gasteiger partial charge on any atom is -0.383 e. The molecule has 0 amide bonds. The molecule has 1 N–H and O–H groups in total. The number of methoxy groups -OCH3 is 2. The van der Waals surface area contributed by atoms with Crippen LogP contribution in [0.2, 0.25) is 0 Å². The van der Waals surface area contributed by atoms with Crippen LogP contribution in [-0.2, 0) is 16.0 Å². The molecule has 0 fully saturated rings. The molecule has 0 atom stereocenters. The molecule has 0 radical (unpaired) electrons. The third-order valence-electron chi connectivity index (χ3n) is 3.02. The Kier molecular flexibility index (Phi) is 8.89. The fourth-order valence-corrected chi connectivity index (χ4v) is 1.85. The molecule has 6 heteroatoms.